The molecule has 0 aromatic heterocycles. The highest BCUT2D eigenvalue weighted by Crippen LogP contribution is 2.52. The first-order valence-corrected chi connectivity index (χ1v) is 9.02. The van der Waals surface area contributed by atoms with Crippen LogP contribution < -0.4 is 14.2 Å². The fourth-order valence-corrected chi connectivity index (χ4v) is 3.35. The number of hydrogen-bond donors (Lipinski definition) is 1. The number of esters is 2. The maximum atomic E-state index is 12.7. The van der Waals surface area contributed by atoms with E-state index >= 15 is 0 Å². The van der Waals surface area contributed by atoms with Crippen molar-refractivity contribution in [3.63, 3.8) is 0 Å². The third-order valence-electron chi connectivity index (χ3n) is 4.81. The molecule has 0 spiro atoms. The van der Waals surface area contributed by atoms with Gasteiger partial charge in [0.05, 0.1) is 28.4 Å². The highest BCUT2D eigenvalue weighted by atomic mass is 16.5. The second-order valence-electron chi connectivity index (χ2n) is 6.47. The smallest absolute Gasteiger partial charge is 0.330 e. The fourth-order valence-electron chi connectivity index (χ4n) is 3.35. The third kappa shape index (κ3) is 3.89. The molecule has 0 fully saturated rings. The minimum Gasteiger partial charge on any atom is -0.504 e. The standard InChI is InChI=1S/C22H22O8/c1-26-16-11-13(6-7-15(16)23)20-19(22(25)29-4)14-9-12(5-8-18(24)28-3)10-17(27-2)21(14)30-20/h5-11,19-20,23H,1-4H3/b8-5+/t19-,20-/m0/s1. The average Bonchev–Trinajstić information content (AvgIpc) is 3.16. The van der Waals surface area contributed by atoms with Gasteiger partial charge in [-0.2, -0.15) is 0 Å². The van der Waals surface area contributed by atoms with Crippen LogP contribution in [0.15, 0.2) is 36.4 Å². The van der Waals surface area contributed by atoms with Crippen LogP contribution in [-0.2, 0) is 19.1 Å². The Bertz CT molecular complexity index is 995. The van der Waals surface area contributed by atoms with Gasteiger partial charge in [-0.05, 0) is 41.5 Å². The molecule has 0 unspecified atom stereocenters. The van der Waals surface area contributed by atoms with Crippen LogP contribution in [0.5, 0.6) is 23.0 Å². The molecule has 158 valence electrons. The number of carbonyl (C=O) groups excluding carboxylic acids is 2. The summed E-state index contributed by atoms with van der Waals surface area (Å²) in [6.45, 7) is 0. The van der Waals surface area contributed by atoms with Gasteiger partial charge in [0.2, 0.25) is 0 Å². The third-order valence-corrected chi connectivity index (χ3v) is 4.81. The van der Waals surface area contributed by atoms with E-state index in [1.807, 2.05) is 0 Å². The lowest BCUT2D eigenvalue weighted by atomic mass is 9.90. The second kappa shape index (κ2) is 8.77. The minimum atomic E-state index is -0.792. The van der Waals surface area contributed by atoms with Crippen molar-refractivity contribution in [2.45, 2.75) is 12.0 Å². The molecule has 1 aliphatic heterocycles. The fraction of sp³-hybridized carbons (Fsp3) is 0.273. The van der Waals surface area contributed by atoms with Crippen LogP contribution >= 0.6 is 0 Å². The molecule has 8 heteroatoms. The Kier molecular flexibility index (Phi) is 6.15. The summed E-state index contributed by atoms with van der Waals surface area (Å²) in [5.74, 6) is -0.770. The zero-order valence-electron chi connectivity index (χ0n) is 17.0. The first-order valence-electron chi connectivity index (χ1n) is 9.02. The van der Waals surface area contributed by atoms with Crippen molar-refractivity contribution in [1.29, 1.82) is 0 Å². The predicted molar refractivity (Wildman–Crippen MR) is 107 cm³/mol. The Morgan fingerprint density at radius 3 is 2.37 bits per heavy atom. The summed E-state index contributed by atoms with van der Waals surface area (Å²) in [6.07, 6.45) is 2.10. The highest BCUT2D eigenvalue weighted by Gasteiger charge is 2.43. The van der Waals surface area contributed by atoms with E-state index in [0.29, 0.717) is 28.2 Å². The number of carbonyl (C=O) groups is 2. The van der Waals surface area contributed by atoms with Crippen LogP contribution in [0.3, 0.4) is 0 Å². The van der Waals surface area contributed by atoms with Crippen LogP contribution in [0.1, 0.15) is 28.7 Å². The molecule has 8 nitrogen and oxygen atoms in total. The molecule has 2 aromatic rings. The lowest BCUT2D eigenvalue weighted by molar-refractivity contribution is -0.144. The summed E-state index contributed by atoms with van der Waals surface area (Å²) in [5, 5.41) is 9.89. The molecule has 1 N–H and O–H groups in total. The number of methoxy groups -OCH3 is 4. The first kappa shape index (κ1) is 21.0. The highest BCUT2D eigenvalue weighted by molar-refractivity contribution is 5.88. The summed E-state index contributed by atoms with van der Waals surface area (Å²) in [5.41, 5.74) is 1.80. The number of benzene rings is 2. The van der Waals surface area contributed by atoms with Crippen molar-refractivity contribution in [2.75, 3.05) is 28.4 Å². The normalized spacial score (nSPS) is 17.2. The summed E-state index contributed by atoms with van der Waals surface area (Å²) >= 11 is 0. The zero-order valence-corrected chi connectivity index (χ0v) is 17.0. The van der Waals surface area contributed by atoms with Crippen molar-refractivity contribution in [1.82, 2.24) is 0 Å². The van der Waals surface area contributed by atoms with E-state index in [1.165, 1.54) is 40.6 Å². The molecule has 0 radical (unpaired) electrons. The molecule has 0 bridgehead atoms. The number of phenols is 1. The SMILES string of the molecule is COC(=O)/C=C/c1cc(OC)c2c(c1)[C@H](C(=O)OC)[C@H](c1ccc(O)c(OC)c1)O2. The van der Waals surface area contributed by atoms with E-state index in [0.717, 1.165) is 0 Å². The molecule has 0 aliphatic carbocycles. The minimum absolute atomic E-state index is 0.0285. The van der Waals surface area contributed by atoms with Crippen molar-refractivity contribution in [3.05, 3.63) is 53.1 Å². The lowest BCUT2D eigenvalue weighted by Gasteiger charge is -2.18. The van der Waals surface area contributed by atoms with E-state index in [4.69, 9.17) is 18.9 Å². The molecule has 2 aromatic carbocycles. The maximum Gasteiger partial charge on any atom is 0.330 e. The molecular formula is C22H22O8. The quantitative estimate of drug-likeness (QED) is 0.569. The summed E-state index contributed by atoms with van der Waals surface area (Å²) in [7, 11) is 5.50. The van der Waals surface area contributed by atoms with Crippen LogP contribution in [0, 0.1) is 0 Å². The molecule has 0 saturated heterocycles. The van der Waals surface area contributed by atoms with E-state index in [2.05, 4.69) is 4.74 Å². The average molecular weight is 414 g/mol. The maximum absolute atomic E-state index is 12.7. The van der Waals surface area contributed by atoms with Gasteiger partial charge < -0.3 is 28.8 Å². The predicted octanol–water partition coefficient (Wildman–Crippen LogP) is 2.99. The Hall–Kier alpha value is -3.68. The molecule has 3 rings (SSSR count). The summed E-state index contributed by atoms with van der Waals surface area (Å²) in [6, 6.07) is 8.14. The van der Waals surface area contributed by atoms with Crippen LogP contribution in [0.4, 0.5) is 0 Å². The van der Waals surface area contributed by atoms with E-state index in [9.17, 15) is 14.7 Å². The number of fused-ring (bicyclic) bond motifs is 1. The van der Waals surface area contributed by atoms with Gasteiger partial charge in [0.15, 0.2) is 23.0 Å². The van der Waals surface area contributed by atoms with Crippen molar-refractivity contribution >= 4 is 18.0 Å². The molecule has 2 atom stereocenters. The van der Waals surface area contributed by atoms with E-state index in [1.54, 1.807) is 30.3 Å². The molecule has 0 amide bonds. The Balaban J connectivity index is 2.11. The largest absolute Gasteiger partial charge is 0.504 e. The van der Waals surface area contributed by atoms with Gasteiger partial charge in [0.1, 0.15) is 12.0 Å². The van der Waals surface area contributed by atoms with Gasteiger partial charge in [-0.3, -0.25) is 4.79 Å². The van der Waals surface area contributed by atoms with Gasteiger partial charge in [0.25, 0.3) is 0 Å². The molecule has 1 aliphatic rings. The monoisotopic (exact) mass is 414 g/mol. The number of phenolic OH excluding ortho intramolecular Hbond substituents is 1. The van der Waals surface area contributed by atoms with Crippen molar-refractivity contribution in [2.24, 2.45) is 0 Å². The van der Waals surface area contributed by atoms with Crippen LogP contribution in [0.25, 0.3) is 6.08 Å². The van der Waals surface area contributed by atoms with Crippen molar-refractivity contribution < 1.29 is 38.4 Å². The van der Waals surface area contributed by atoms with Gasteiger partial charge in [0, 0.05) is 11.6 Å². The number of aromatic hydroxyl groups is 1. The van der Waals surface area contributed by atoms with Gasteiger partial charge in [-0.25, -0.2) is 4.79 Å². The van der Waals surface area contributed by atoms with E-state index < -0.39 is 24.0 Å². The Labute approximate surface area is 173 Å². The van der Waals surface area contributed by atoms with Gasteiger partial charge in [-0.15, -0.1) is 0 Å². The molecule has 0 saturated carbocycles. The number of hydrogen-bond acceptors (Lipinski definition) is 8. The lowest BCUT2D eigenvalue weighted by Crippen LogP contribution is -2.20. The summed E-state index contributed by atoms with van der Waals surface area (Å²) < 4.78 is 26.4. The zero-order chi connectivity index (χ0) is 21.8. The van der Waals surface area contributed by atoms with E-state index in [-0.39, 0.29) is 11.5 Å². The molecule has 30 heavy (non-hydrogen) atoms. The van der Waals surface area contributed by atoms with Gasteiger partial charge >= 0.3 is 11.9 Å². The Morgan fingerprint density at radius 1 is 1.00 bits per heavy atom. The van der Waals surface area contributed by atoms with Crippen LogP contribution in [0.2, 0.25) is 0 Å². The number of rotatable bonds is 6. The molecular weight excluding hydrogens is 392 g/mol. The van der Waals surface area contributed by atoms with Gasteiger partial charge in [-0.1, -0.05) is 6.07 Å². The summed E-state index contributed by atoms with van der Waals surface area (Å²) in [4.78, 5) is 24.1. The van der Waals surface area contributed by atoms with Crippen LogP contribution in [-0.4, -0.2) is 45.5 Å². The number of ether oxygens (including phenoxy) is 5. The topological polar surface area (TPSA) is 101 Å². The van der Waals surface area contributed by atoms with Crippen molar-refractivity contribution in [3.8, 4) is 23.0 Å². The first-order chi connectivity index (χ1) is 14.4. The second-order valence-corrected chi connectivity index (χ2v) is 6.47. The molecule has 1 heterocycles. The Morgan fingerprint density at radius 2 is 1.73 bits per heavy atom.